The number of carbonyl (C=O) groups excluding carboxylic acids is 1. The van der Waals surface area contributed by atoms with E-state index < -0.39 is 0 Å². The van der Waals surface area contributed by atoms with Gasteiger partial charge in [-0.1, -0.05) is 32.6 Å². The topological polar surface area (TPSA) is 38.3 Å². The van der Waals surface area contributed by atoms with Crippen molar-refractivity contribution in [3.8, 4) is 0 Å². The molecule has 0 aromatic heterocycles. The maximum absolute atomic E-state index is 10.8. The molecule has 1 unspecified atom stereocenters. The molecule has 3 nitrogen and oxygen atoms in total. The Labute approximate surface area is 86.2 Å². The molecule has 0 saturated carbocycles. The molecular formula is C11H21NO2. The van der Waals surface area contributed by atoms with Crippen molar-refractivity contribution in [3.63, 3.8) is 0 Å². The van der Waals surface area contributed by atoms with E-state index in [0.29, 0.717) is 6.42 Å². The molecule has 0 bridgehead atoms. The van der Waals surface area contributed by atoms with Crippen LogP contribution in [0.1, 0.15) is 51.9 Å². The summed E-state index contributed by atoms with van der Waals surface area (Å²) in [7, 11) is 0. The van der Waals surface area contributed by atoms with Gasteiger partial charge in [0.25, 0.3) is 0 Å². The van der Waals surface area contributed by atoms with Crippen LogP contribution in [0, 0.1) is 0 Å². The zero-order valence-corrected chi connectivity index (χ0v) is 9.05. The third-order valence-electron chi connectivity index (χ3n) is 2.52. The standard InChI is InChI=1S/C11H21NO2/c1-2-3-4-5-6-9-14-11-8-7-10(13)12-11/h11H,2-9H2,1H3,(H,12,13). The first-order valence-corrected chi connectivity index (χ1v) is 5.74. The average molecular weight is 199 g/mol. The summed E-state index contributed by atoms with van der Waals surface area (Å²) in [6.45, 7) is 3.00. The molecule has 1 heterocycles. The zero-order chi connectivity index (χ0) is 10.2. The third kappa shape index (κ3) is 4.61. The van der Waals surface area contributed by atoms with Gasteiger partial charge in [0, 0.05) is 19.4 Å². The van der Waals surface area contributed by atoms with Crippen LogP contribution in [-0.4, -0.2) is 18.7 Å². The van der Waals surface area contributed by atoms with Crippen molar-refractivity contribution < 1.29 is 9.53 Å². The van der Waals surface area contributed by atoms with Gasteiger partial charge in [-0.05, 0) is 6.42 Å². The van der Waals surface area contributed by atoms with Crippen molar-refractivity contribution in [1.29, 1.82) is 0 Å². The molecule has 0 spiro atoms. The summed E-state index contributed by atoms with van der Waals surface area (Å²) in [5.41, 5.74) is 0. The van der Waals surface area contributed by atoms with Gasteiger partial charge in [-0.15, -0.1) is 0 Å². The Morgan fingerprint density at radius 2 is 2.14 bits per heavy atom. The van der Waals surface area contributed by atoms with E-state index in [1.807, 2.05) is 0 Å². The Balaban J connectivity index is 1.86. The molecule has 3 heteroatoms. The predicted molar refractivity (Wildman–Crippen MR) is 55.9 cm³/mol. The van der Waals surface area contributed by atoms with Gasteiger partial charge in [0.05, 0.1) is 0 Å². The van der Waals surface area contributed by atoms with Gasteiger partial charge in [0.1, 0.15) is 6.23 Å². The van der Waals surface area contributed by atoms with E-state index in [9.17, 15) is 4.79 Å². The van der Waals surface area contributed by atoms with Crippen LogP contribution in [0.5, 0.6) is 0 Å². The fourth-order valence-corrected chi connectivity index (χ4v) is 1.64. The van der Waals surface area contributed by atoms with E-state index in [0.717, 1.165) is 19.4 Å². The Morgan fingerprint density at radius 3 is 2.79 bits per heavy atom. The highest BCUT2D eigenvalue weighted by Crippen LogP contribution is 2.09. The number of rotatable bonds is 7. The molecule has 1 rings (SSSR count). The minimum Gasteiger partial charge on any atom is -0.359 e. The molecule has 0 aromatic carbocycles. The lowest BCUT2D eigenvalue weighted by atomic mass is 10.2. The molecule has 14 heavy (non-hydrogen) atoms. The number of amides is 1. The SMILES string of the molecule is CCCCCCCOC1CCC(=O)N1. The van der Waals surface area contributed by atoms with Gasteiger partial charge >= 0.3 is 0 Å². The zero-order valence-electron chi connectivity index (χ0n) is 9.05. The van der Waals surface area contributed by atoms with E-state index in [-0.39, 0.29) is 12.1 Å². The van der Waals surface area contributed by atoms with Crippen LogP contribution in [-0.2, 0) is 9.53 Å². The fraction of sp³-hybridized carbons (Fsp3) is 0.909. The van der Waals surface area contributed by atoms with Gasteiger partial charge in [-0.3, -0.25) is 4.79 Å². The summed E-state index contributed by atoms with van der Waals surface area (Å²) in [6.07, 6.45) is 7.72. The van der Waals surface area contributed by atoms with Gasteiger partial charge in [-0.25, -0.2) is 0 Å². The summed E-state index contributed by atoms with van der Waals surface area (Å²) in [5, 5.41) is 2.79. The lowest BCUT2D eigenvalue weighted by molar-refractivity contribution is -0.120. The fourth-order valence-electron chi connectivity index (χ4n) is 1.64. The largest absolute Gasteiger partial charge is 0.359 e. The lowest BCUT2D eigenvalue weighted by Gasteiger charge is -2.10. The Hall–Kier alpha value is -0.570. The van der Waals surface area contributed by atoms with Gasteiger partial charge in [0.15, 0.2) is 0 Å². The predicted octanol–water partition coefficient (Wildman–Crippen LogP) is 2.21. The second-order valence-electron chi connectivity index (χ2n) is 3.88. The second kappa shape index (κ2) is 6.82. The third-order valence-corrected chi connectivity index (χ3v) is 2.52. The normalized spacial score (nSPS) is 21.2. The van der Waals surface area contributed by atoms with Crippen LogP contribution < -0.4 is 5.32 Å². The number of nitrogens with one attached hydrogen (secondary N) is 1. The molecule has 1 amide bonds. The summed E-state index contributed by atoms with van der Waals surface area (Å²) in [6, 6.07) is 0. The molecule has 1 fully saturated rings. The van der Waals surface area contributed by atoms with Crippen LogP contribution in [0.3, 0.4) is 0 Å². The van der Waals surface area contributed by atoms with E-state index in [1.165, 1.54) is 25.7 Å². The van der Waals surface area contributed by atoms with Crippen molar-refractivity contribution in [2.24, 2.45) is 0 Å². The van der Waals surface area contributed by atoms with Crippen LogP contribution in [0.2, 0.25) is 0 Å². The van der Waals surface area contributed by atoms with E-state index in [2.05, 4.69) is 12.2 Å². The molecule has 1 saturated heterocycles. The van der Waals surface area contributed by atoms with Gasteiger partial charge < -0.3 is 10.1 Å². The second-order valence-corrected chi connectivity index (χ2v) is 3.88. The number of ether oxygens (including phenoxy) is 1. The number of hydrogen-bond donors (Lipinski definition) is 1. The maximum atomic E-state index is 10.8. The molecule has 1 N–H and O–H groups in total. The summed E-state index contributed by atoms with van der Waals surface area (Å²) in [4.78, 5) is 10.8. The molecule has 0 aliphatic carbocycles. The highest BCUT2D eigenvalue weighted by molar-refractivity contribution is 5.78. The van der Waals surface area contributed by atoms with Crippen molar-refractivity contribution in [1.82, 2.24) is 5.32 Å². The van der Waals surface area contributed by atoms with Crippen molar-refractivity contribution in [3.05, 3.63) is 0 Å². The summed E-state index contributed by atoms with van der Waals surface area (Å²) < 4.78 is 5.52. The highest BCUT2D eigenvalue weighted by atomic mass is 16.5. The van der Waals surface area contributed by atoms with Crippen molar-refractivity contribution in [2.45, 2.75) is 58.1 Å². The van der Waals surface area contributed by atoms with E-state index >= 15 is 0 Å². The first kappa shape index (κ1) is 11.5. The minimum atomic E-state index is -0.00586. The average Bonchev–Trinajstić information content (AvgIpc) is 2.58. The van der Waals surface area contributed by atoms with E-state index in [4.69, 9.17) is 4.74 Å². The summed E-state index contributed by atoms with van der Waals surface area (Å²) >= 11 is 0. The molecule has 0 radical (unpaired) electrons. The molecular weight excluding hydrogens is 178 g/mol. The lowest BCUT2D eigenvalue weighted by Crippen LogP contribution is -2.28. The smallest absolute Gasteiger partial charge is 0.222 e. The quantitative estimate of drug-likeness (QED) is 0.638. The first-order chi connectivity index (χ1) is 6.83. The summed E-state index contributed by atoms with van der Waals surface area (Å²) in [5.74, 6) is 0.126. The van der Waals surface area contributed by atoms with Crippen LogP contribution in [0.4, 0.5) is 0 Å². The van der Waals surface area contributed by atoms with Gasteiger partial charge in [0.2, 0.25) is 5.91 Å². The number of hydrogen-bond acceptors (Lipinski definition) is 2. The Morgan fingerprint density at radius 1 is 1.36 bits per heavy atom. The Bertz CT molecular complexity index is 171. The number of unbranched alkanes of at least 4 members (excludes halogenated alkanes) is 4. The maximum Gasteiger partial charge on any atom is 0.222 e. The minimum absolute atomic E-state index is 0.00586. The van der Waals surface area contributed by atoms with E-state index in [1.54, 1.807) is 0 Å². The van der Waals surface area contributed by atoms with Crippen molar-refractivity contribution >= 4 is 5.91 Å². The van der Waals surface area contributed by atoms with Crippen LogP contribution >= 0.6 is 0 Å². The van der Waals surface area contributed by atoms with Crippen LogP contribution in [0.15, 0.2) is 0 Å². The van der Waals surface area contributed by atoms with Crippen molar-refractivity contribution in [2.75, 3.05) is 6.61 Å². The highest BCUT2D eigenvalue weighted by Gasteiger charge is 2.20. The monoisotopic (exact) mass is 199 g/mol. The molecule has 1 aliphatic rings. The first-order valence-electron chi connectivity index (χ1n) is 5.74. The molecule has 1 atom stereocenters. The molecule has 1 aliphatic heterocycles. The van der Waals surface area contributed by atoms with Gasteiger partial charge in [-0.2, -0.15) is 0 Å². The Kier molecular flexibility index (Phi) is 5.60. The number of carbonyl (C=O) groups is 1. The molecule has 0 aromatic rings. The molecule has 82 valence electrons. The van der Waals surface area contributed by atoms with Crippen LogP contribution in [0.25, 0.3) is 0 Å².